The number of aromatic nitrogens is 1. The maximum absolute atomic E-state index is 11.2. The number of ether oxygens (including phenoxy) is 1. The number of hydrogen-bond acceptors (Lipinski definition) is 5. The van der Waals surface area contributed by atoms with Crippen LogP contribution in [0.25, 0.3) is 0 Å². The number of aliphatic imine (C=N–C) groups is 1. The summed E-state index contributed by atoms with van der Waals surface area (Å²) in [6.07, 6.45) is 3.45. The summed E-state index contributed by atoms with van der Waals surface area (Å²) in [6.45, 7) is 2.49. The quantitative estimate of drug-likeness (QED) is 0.364. The van der Waals surface area contributed by atoms with Crippen molar-refractivity contribution in [2.75, 3.05) is 26.2 Å². The molecule has 0 amide bonds. The Hall–Kier alpha value is -1.10. The lowest BCUT2D eigenvalue weighted by molar-refractivity contribution is 0.397. The molecule has 1 unspecified atom stereocenters. The third-order valence-electron chi connectivity index (χ3n) is 3.00. The lowest BCUT2D eigenvalue weighted by atomic mass is 10.2. The molecule has 0 saturated carbocycles. The zero-order valence-electron chi connectivity index (χ0n) is 13.9. The molecule has 0 radical (unpaired) electrons. The van der Waals surface area contributed by atoms with Crippen molar-refractivity contribution in [2.24, 2.45) is 4.99 Å². The molecule has 0 aliphatic carbocycles. The van der Waals surface area contributed by atoms with Crippen LogP contribution < -0.4 is 15.4 Å². The third-order valence-corrected chi connectivity index (χ3v) is 3.97. The van der Waals surface area contributed by atoms with E-state index >= 15 is 0 Å². The average molecular weight is 456 g/mol. The zero-order chi connectivity index (χ0) is 16.6. The smallest absolute Gasteiger partial charge is 0.213 e. The number of halogens is 1. The highest BCUT2D eigenvalue weighted by Gasteiger charge is 2.09. The molecule has 0 saturated heterocycles. The molecule has 0 bridgehead atoms. The molecular weight excluding hydrogens is 431 g/mol. The summed E-state index contributed by atoms with van der Waals surface area (Å²) >= 11 is 0. The predicted octanol–water partition coefficient (Wildman–Crippen LogP) is 1.20. The Morgan fingerprint density at radius 3 is 2.74 bits per heavy atom. The second-order valence-electron chi connectivity index (χ2n) is 5.10. The summed E-state index contributed by atoms with van der Waals surface area (Å²) < 4.78 is 27.4. The van der Waals surface area contributed by atoms with Crippen LogP contribution in [0.2, 0.25) is 0 Å². The van der Waals surface area contributed by atoms with Crippen LogP contribution in [0, 0.1) is 0 Å². The van der Waals surface area contributed by atoms with Crippen LogP contribution in [0.3, 0.4) is 0 Å². The first-order valence-corrected chi connectivity index (χ1v) is 9.04. The van der Waals surface area contributed by atoms with Gasteiger partial charge >= 0.3 is 0 Å². The molecule has 0 aliphatic heterocycles. The number of guanidine groups is 1. The van der Waals surface area contributed by atoms with Gasteiger partial charge < -0.3 is 15.4 Å². The largest absolute Gasteiger partial charge is 0.481 e. The normalized spacial score (nSPS) is 13.0. The van der Waals surface area contributed by atoms with Gasteiger partial charge in [-0.25, -0.2) is 13.4 Å². The topological polar surface area (TPSA) is 92.7 Å². The fraction of sp³-hybridized carbons (Fsp3) is 0.571. The SMILES string of the molecule is CN=C(NCc1ccnc(OC)c1)NC(C)CCS(C)(=O)=O.I. The zero-order valence-corrected chi connectivity index (χ0v) is 17.0. The monoisotopic (exact) mass is 456 g/mol. The van der Waals surface area contributed by atoms with Crippen LogP contribution in [0.4, 0.5) is 0 Å². The van der Waals surface area contributed by atoms with Crippen molar-refractivity contribution < 1.29 is 13.2 Å². The molecule has 1 heterocycles. The van der Waals surface area contributed by atoms with E-state index in [1.165, 1.54) is 6.26 Å². The maximum atomic E-state index is 11.2. The molecule has 23 heavy (non-hydrogen) atoms. The Morgan fingerprint density at radius 2 is 2.17 bits per heavy atom. The van der Waals surface area contributed by atoms with Gasteiger partial charge in [0.25, 0.3) is 0 Å². The summed E-state index contributed by atoms with van der Waals surface area (Å²) in [7, 11) is 0.299. The Morgan fingerprint density at radius 1 is 1.48 bits per heavy atom. The van der Waals surface area contributed by atoms with Crippen LogP contribution in [-0.4, -0.2) is 51.6 Å². The van der Waals surface area contributed by atoms with E-state index in [1.807, 2.05) is 19.1 Å². The van der Waals surface area contributed by atoms with Gasteiger partial charge in [-0.05, 0) is 25.0 Å². The average Bonchev–Trinajstić information content (AvgIpc) is 2.48. The van der Waals surface area contributed by atoms with E-state index in [-0.39, 0.29) is 35.8 Å². The minimum atomic E-state index is -2.95. The van der Waals surface area contributed by atoms with Crippen LogP contribution in [-0.2, 0) is 16.4 Å². The van der Waals surface area contributed by atoms with Crippen molar-refractivity contribution >= 4 is 39.8 Å². The number of methoxy groups -OCH3 is 1. The summed E-state index contributed by atoms with van der Waals surface area (Å²) in [4.78, 5) is 8.18. The van der Waals surface area contributed by atoms with Crippen molar-refractivity contribution in [1.29, 1.82) is 0 Å². The molecule has 0 fully saturated rings. The molecule has 0 aromatic carbocycles. The summed E-state index contributed by atoms with van der Waals surface area (Å²) in [5, 5.41) is 6.34. The van der Waals surface area contributed by atoms with E-state index in [4.69, 9.17) is 4.74 Å². The van der Waals surface area contributed by atoms with Gasteiger partial charge in [-0.3, -0.25) is 4.99 Å². The highest BCUT2D eigenvalue weighted by atomic mass is 127. The van der Waals surface area contributed by atoms with E-state index in [2.05, 4.69) is 20.6 Å². The van der Waals surface area contributed by atoms with Gasteiger partial charge in [-0.2, -0.15) is 0 Å². The van der Waals surface area contributed by atoms with Crippen molar-refractivity contribution in [2.45, 2.75) is 25.9 Å². The minimum absolute atomic E-state index is 0. The van der Waals surface area contributed by atoms with Gasteiger partial charge in [0, 0.05) is 38.2 Å². The Balaban J connectivity index is 0.00000484. The summed E-state index contributed by atoms with van der Waals surface area (Å²) in [6, 6.07) is 3.73. The van der Waals surface area contributed by atoms with Gasteiger partial charge in [0.15, 0.2) is 5.96 Å². The summed E-state index contributed by atoms with van der Waals surface area (Å²) in [5.41, 5.74) is 1.01. The van der Waals surface area contributed by atoms with Crippen LogP contribution in [0.5, 0.6) is 5.88 Å². The van der Waals surface area contributed by atoms with E-state index in [0.717, 1.165) is 5.56 Å². The predicted molar refractivity (Wildman–Crippen MR) is 103 cm³/mol. The number of sulfone groups is 1. The number of rotatable bonds is 7. The lowest BCUT2D eigenvalue weighted by Crippen LogP contribution is -2.42. The first-order chi connectivity index (χ1) is 10.3. The van der Waals surface area contributed by atoms with Crippen LogP contribution in [0.15, 0.2) is 23.3 Å². The molecule has 0 aliphatic rings. The molecule has 1 aromatic rings. The van der Waals surface area contributed by atoms with Gasteiger partial charge in [0.1, 0.15) is 9.84 Å². The fourth-order valence-corrected chi connectivity index (χ4v) is 2.53. The van der Waals surface area contributed by atoms with Crippen molar-refractivity contribution in [1.82, 2.24) is 15.6 Å². The van der Waals surface area contributed by atoms with Gasteiger partial charge in [0.05, 0.1) is 12.9 Å². The van der Waals surface area contributed by atoms with Crippen molar-refractivity contribution in [3.05, 3.63) is 23.9 Å². The summed E-state index contributed by atoms with van der Waals surface area (Å²) in [5.74, 6) is 1.33. The number of nitrogens with one attached hydrogen (secondary N) is 2. The molecule has 0 spiro atoms. The molecule has 1 atom stereocenters. The Labute approximate surface area is 155 Å². The molecule has 9 heteroatoms. The first-order valence-electron chi connectivity index (χ1n) is 6.98. The van der Waals surface area contributed by atoms with E-state index < -0.39 is 9.84 Å². The van der Waals surface area contributed by atoms with Gasteiger partial charge in [-0.15, -0.1) is 24.0 Å². The standard InChI is InChI=1S/C14H24N4O3S.HI/c1-11(6-8-22(4,19)20)18-14(15-2)17-10-12-5-7-16-13(9-12)21-3;/h5,7,9,11H,6,8,10H2,1-4H3,(H2,15,17,18);1H. The molecule has 132 valence electrons. The van der Waals surface area contributed by atoms with E-state index in [9.17, 15) is 8.42 Å². The Kier molecular flexibility index (Phi) is 10.1. The highest BCUT2D eigenvalue weighted by molar-refractivity contribution is 14.0. The molecular formula is C14H25IN4O3S. The van der Waals surface area contributed by atoms with Crippen molar-refractivity contribution in [3.63, 3.8) is 0 Å². The fourth-order valence-electron chi connectivity index (χ4n) is 1.75. The van der Waals surface area contributed by atoms with Crippen molar-refractivity contribution in [3.8, 4) is 5.88 Å². The maximum Gasteiger partial charge on any atom is 0.213 e. The second kappa shape index (κ2) is 10.6. The highest BCUT2D eigenvalue weighted by Crippen LogP contribution is 2.07. The van der Waals surface area contributed by atoms with E-state index in [1.54, 1.807) is 20.4 Å². The first kappa shape index (κ1) is 21.9. The Bertz CT molecular complexity index is 608. The molecule has 1 rings (SSSR count). The lowest BCUT2D eigenvalue weighted by Gasteiger charge is -2.17. The van der Waals surface area contributed by atoms with E-state index in [0.29, 0.717) is 24.8 Å². The molecule has 2 N–H and O–H groups in total. The minimum Gasteiger partial charge on any atom is -0.481 e. The number of hydrogen-bond donors (Lipinski definition) is 2. The van der Waals surface area contributed by atoms with Gasteiger partial charge in [-0.1, -0.05) is 0 Å². The second-order valence-corrected chi connectivity index (χ2v) is 7.36. The van der Waals surface area contributed by atoms with Gasteiger partial charge in [0.2, 0.25) is 5.88 Å². The van der Waals surface area contributed by atoms with Crippen LogP contribution in [0.1, 0.15) is 18.9 Å². The molecule has 1 aromatic heterocycles. The van der Waals surface area contributed by atoms with Crippen LogP contribution >= 0.6 is 24.0 Å². The third kappa shape index (κ3) is 9.59. The number of nitrogens with zero attached hydrogens (tertiary/aromatic N) is 2. The number of pyridine rings is 1. The molecule has 7 nitrogen and oxygen atoms in total.